The van der Waals surface area contributed by atoms with E-state index in [1.807, 2.05) is 6.20 Å². The summed E-state index contributed by atoms with van der Waals surface area (Å²) in [6, 6.07) is 0. The number of aromatic nitrogens is 2. The number of alkyl halides is 1. The standard InChI is InChI=1S/C11H17ClN2O/c1-15-11(3-2-4-11)8-9(12)7-10-13-5-6-14-10/h5-6,9H,2-4,7-8H2,1H3,(H,13,14). The van der Waals surface area contributed by atoms with Crippen LogP contribution in [0.2, 0.25) is 0 Å². The second kappa shape index (κ2) is 4.54. The van der Waals surface area contributed by atoms with Crippen LogP contribution in [0.25, 0.3) is 0 Å². The lowest BCUT2D eigenvalue weighted by Gasteiger charge is -2.41. The Balaban J connectivity index is 1.84. The van der Waals surface area contributed by atoms with Crippen molar-refractivity contribution in [3.63, 3.8) is 0 Å². The van der Waals surface area contributed by atoms with Gasteiger partial charge in [0, 0.05) is 31.3 Å². The minimum absolute atomic E-state index is 0.0546. The third-order valence-corrected chi connectivity index (χ3v) is 3.57. The maximum absolute atomic E-state index is 6.31. The summed E-state index contributed by atoms with van der Waals surface area (Å²) in [5, 5.41) is 0.108. The number of ether oxygens (including phenoxy) is 1. The van der Waals surface area contributed by atoms with E-state index in [1.165, 1.54) is 6.42 Å². The van der Waals surface area contributed by atoms with Crippen molar-refractivity contribution < 1.29 is 4.74 Å². The van der Waals surface area contributed by atoms with Crippen molar-refractivity contribution in [3.8, 4) is 0 Å². The number of hydrogen-bond acceptors (Lipinski definition) is 2. The first-order valence-corrected chi connectivity index (χ1v) is 5.85. The number of nitrogens with one attached hydrogen (secondary N) is 1. The Morgan fingerprint density at radius 1 is 1.67 bits per heavy atom. The molecule has 1 aromatic rings. The summed E-state index contributed by atoms with van der Waals surface area (Å²) in [4.78, 5) is 7.25. The molecular weight excluding hydrogens is 212 g/mol. The van der Waals surface area contributed by atoms with E-state index in [0.29, 0.717) is 0 Å². The minimum Gasteiger partial charge on any atom is -0.378 e. The molecule has 1 saturated carbocycles. The first-order chi connectivity index (χ1) is 7.24. The van der Waals surface area contributed by atoms with Crippen LogP contribution >= 0.6 is 11.6 Å². The molecule has 2 rings (SSSR count). The number of H-pyrrole nitrogens is 1. The van der Waals surface area contributed by atoms with Gasteiger partial charge in [0.05, 0.1) is 5.60 Å². The summed E-state index contributed by atoms with van der Waals surface area (Å²) >= 11 is 6.31. The van der Waals surface area contributed by atoms with E-state index < -0.39 is 0 Å². The van der Waals surface area contributed by atoms with E-state index in [-0.39, 0.29) is 11.0 Å². The molecule has 15 heavy (non-hydrogen) atoms. The highest BCUT2D eigenvalue weighted by Crippen LogP contribution is 2.40. The molecule has 0 spiro atoms. The van der Waals surface area contributed by atoms with E-state index in [9.17, 15) is 0 Å². The molecule has 1 heterocycles. The summed E-state index contributed by atoms with van der Waals surface area (Å²) in [6.07, 6.45) is 8.85. The summed E-state index contributed by atoms with van der Waals surface area (Å²) in [5.74, 6) is 0.959. The SMILES string of the molecule is COC1(CC(Cl)Cc2ncc[nH]2)CCC1. The zero-order valence-corrected chi connectivity index (χ0v) is 9.76. The molecule has 1 aromatic heterocycles. The predicted octanol–water partition coefficient (Wildman–Crippen LogP) is 2.52. The Bertz CT molecular complexity index is 290. The molecule has 0 radical (unpaired) electrons. The molecule has 3 nitrogen and oxygen atoms in total. The summed E-state index contributed by atoms with van der Waals surface area (Å²) in [6.45, 7) is 0. The van der Waals surface area contributed by atoms with E-state index in [4.69, 9.17) is 16.3 Å². The van der Waals surface area contributed by atoms with Gasteiger partial charge in [0.1, 0.15) is 5.82 Å². The number of imidazole rings is 1. The van der Waals surface area contributed by atoms with Crippen LogP contribution in [-0.4, -0.2) is 28.1 Å². The van der Waals surface area contributed by atoms with Gasteiger partial charge in [-0.15, -0.1) is 11.6 Å². The maximum atomic E-state index is 6.31. The smallest absolute Gasteiger partial charge is 0.107 e. The van der Waals surface area contributed by atoms with Crippen LogP contribution in [0.15, 0.2) is 12.4 Å². The molecule has 1 unspecified atom stereocenters. The van der Waals surface area contributed by atoms with Gasteiger partial charge >= 0.3 is 0 Å². The molecule has 1 atom stereocenters. The van der Waals surface area contributed by atoms with Crippen LogP contribution in [0.1, 0.15) is 31.5 Å². The summed E-state index contributed by atoms with van der Waals surface area (Å²) < 4.78 is 5.55. The fraction of sp³-hybridized carbons (Fsp3) is 0.727. The van der Waals surface area contributed by atoms with Crippen molar-refractivity contribution in [2.75, 3.05) is 7.11 Å². The normalized spacial score (nSPS) is 20.9. The van der Waals surface area contributed by atoms with Crippen LogP contribution in [-0.2, 0) is 11.2 Å². The lowest BCUT2D eigenvalue weighted by molar-refractivity contribution is -0.0778. The van der Waals surface area contributed by atoms with Crippen molar-refractivity contribution >= 4 is 11.6 Å². The van der Waals surface area contributed by atoms with Crippen LogP contribution in [0.5, 0.6) is 0 Å². The van der Waals surface area contributed by atoms with Gasteiger partial charge in [-0.25, -0.2) is 4.98 Å². The van der Waals surface area contributed by atoms with Crippen LogP contribution in [0.4, 0.5) is 0 Å². The third-order valence-electron chi connectivity index (χ3n) is 3.26. The molecule has 84 valence electrons. The topological polar surface area (TPSA) is 37.9 Å². The van der Waals surface area contributed by atoms with Gasteiger partial charge in [-0.3, -0.25) is 0 Å². The van der Waals surface area contributed by atoms with Gasteiger partial charge in [-0.2, -0.15) is 0 Å². The number of rotatable bonds is 5. The average Bonchev–Trinajstić information content (AvgIpc) is 2.64. The highest BCUT2D eigenvalue weighted by atomic mass is 35.5. The Labute approximate surface area is 95.2 Å². The Kier molecular flexibility index (Phi) is 3.32. The molecule has 1 N–H and O–H groups in total. The lowest BCUT2D eigenvalue weighted by Crippen LogP contribution is -2.41. The number of nitrogens with zero attached hydrogens (tertiary/aromatic N) is 1. The molecule has 0 saturated heterocycles. The number of halogens is 1. The van der Waals surface area contributed by atoms with Crippen LogP contribution < -0.4 is 0 Å². The molecule has 0 bridgehead atoms. The number of methoxy groups -OCH3 is 1. The average molecular weight is 229 g/mol. The first-order valence-electron chi connectivity index (χ1n) is 5.42. The molecule has 0 amide bonds. The summed E-state index contributed by atoms with van der Waals surface area (Å²) in [5.41, 5.74) is 0.0546. The molecule has 0 aliphatic heterocycles. The zero-order chi connectivity index (χ0) is 10.7. The molecule has 0 aromatic carbocycles. The monoisotopic (exact) mass is 228 g/mol. The van der Waals surface area contributed by atoms with Gasteiger partial charge in [0.15, 0.2) is 0 Å². The molecule has 1 aliphatic rings. The van der Waals surface area contributed by atoms with Crippen LogP contribution in [0, 0.1) is 0 Å². The maximum Gasteiger partial charge on any atom is 0.107 e. The van der Waals surface area contributed by atoms with E-state index in [1.54, 1.807) is 13.3 Å². The zero-order valence-electron chi connectivity index (χ0n) is 9.00. The quantitative estimate of drug-likeness (QED) is 0.787. The van der Waals surface area contributed by atoms with Crippen LogP contribution in [0.3, 0.4) is 0 Å². The van der Waals surface area contributed by atoms with Gasteiger partial charge in [0.2, 0.25) is 0 Å². The van der Waals surface area contributed by atoms with Gasteiger partial charge in [-0.1, -0.05) is 0 Å². The first kappa shape index (κ1) is 11.0. The fourth-order valence-corrected chi connectivity index (χ4v) is 2.59. The van der Waals surface area contributed by atoms with Crippen molar-refractivity contribution in [2.45, 2.75) is 43.1 Å². The van der Waals surface area contributed by atoms with Crippen molar-refractivity contribution in [3.05, 3.63) is 18.2 Å². The van der Waals surface area contributed by atoms with Gasteiger partial charge in [0.25, 0.3) is 0 Å². The van der Waals surface area contributed by atoms with E-state index in [2.05, 4.69) is 9.97 Å². The molecular formula is C11H17ClN2O. The van der Waals surface area contributed by atoms with Gasteiger partial charge in [-0.05, 0) is 25.7 Å². The largest absolute Gasteiger partial charge is 0.378 e. The predicted molar refractivity (Wildman–Crippen MR) is 60.1 cm³/mol. The van der Waals surface area contributed by atoms with Crippen molar-refractivity contribution in [2.24, 2.45) is 0 Å². The summed E-state index contributed by atoms with van der Waals surface area (Å²) in [7, 11) is 1.79. The van der Waals surface area contributed by atoms with Crippen molar-refractivity contribution in [1.82, 2.24) is 9.97 Å². The number of hydrogen-bond donors (Lipinski definition) is 1. The van der Waals surface area contributed by atoms with Crippen molar-refractivity contribution in [1.29, 1.82) is 0 Å². The van der Waals surface area contributed by atoms with Gasteiger partial charge < -0.3 is 9.72 Å². The van der Waals surface area contributed by atoms with E-state index in [0.717, 1.165) is 31.5 Å². The molecule has 1 fully saturated rings. The highest BCUT2D eigenvalue weighted by Gasteiger charge is 2.38. The second-order valence-corrected chi connectivity index (χ2v) is 4.90. The Morgan fingerprint density at radius 3 is 2.93 bits per heavy atom. The second-order valence-electron chi connectivity index (χ2n) is 4.28. The van der Waals surface area contributed by atoms with E-state index >= 15 is 0 Å². The number of aromatic amines is 1. The molecule has 1 aliphatic carbocycles. The minimum atomic E-state index is 0.0546. The Morgan fingerprint density at radius 2 is 2.47 bits per heavy atom. The Hall–Kier alpha value is -0.540. The third kappa shape index (κ3) is 2.52. The molecule has 4 heteroatoms. The fourth-order valence-electron chi connectivity index (χ4n) is 2.16. The lowest BCUT2D eigenvalue weighted by atomic mass is 9.76. The highest BCUT2D eigenvalue weighted by molar-refractivity contribution is 6.20.